The molecule has 0 radical (unpaired) electrons. The van der Waals surface area contributed by atoms with Gasteiger partial charge in [0.1, 0.15) is 22.3 Å². The zero-order valence-corrected chi connectivity index (χ0v) is 27.8. The molecule has 0 aliphatic carbocycles. The molecule has 4 heterocycles. The summed E-state index contributed by atoms with van der Waals surface area (Å²) in [6, 6.07) is 52.0. The molecule has 5 nitrogen and oxygen atoms in total. The number of nitrogens with zero attached hydrogens (tertiary/aromatic N) is 3. The number of fused-ring (bicyclic) bond motifs is 9. The largest absolute Gasteiger partial charge is 0.456 e. The highest BCUT2D eigenvalue weighted by atomic mass is 32.1. The minimum absolute atomic E-state index is 0.571. The highest BCUT2D eigenvalue weighted by molar-refractivity contribution is 7.26. The fourth-order valence-corrected chi connectivity index (χ4v) is 8.64. The summed E-state index contributed by atoms with van der Waals surface area (Å²) in [5.41, 5.74) is 8.18. The van der Waals surface area contributed by atoms with Crippen molar-refractivity contribution in [1.29, 1.82) is 0 Å². The van der Waals surface area contributed by atoms with E-state index in [0.29, 0.717) is 17.5 Å². The molecule has 11 aromatic rings. The molecule has 238 valence electrons. The number of aromatic nitrogens is 3. The van der Waals surface area contributed by atoms with E-state index in [1.807, 2.05) is 72.0 Å². The smallest absolute Gasteiger partial charge is 0.164 e. The molecule has 0 aliphatic rings. The zero-order valence-electron chi connectivity index (χ0n) is 27.0. The second-order valence-corrected chi connectivity index (χ2v) is 13.8. The van der Waals surface area contributed by atoms with Crippen molar-refractivity contribution in [1.82, 2.24) is 15.0 Å². The molecule has 0 amide bonds. The molecule has 0 saturated carbocycles. The van der Waals surface area contributed by atoms with E-state index in [0.717, 1.165) is 66.1 Å². The van der Waals surface area contributed by atoms with Crippen LogP contribution in [0.5, 0.6) is 0 Å². The Labute approximate surface area is 295 Å². The molecule has 0 fully saturated rings. The highest BCUT2D eigenvalue weighted by Crippen LogP contribution is 2.44. The first-order chi connectivity index (χ1) is 25.3. The summed E-state index contributed by atoms with van der Waals surface area (Å²) in [6.45, 7) is 0. The summed E-state index contributed by atoms with van der Waals surface area (Å²) in [5, 5.41) is 6.68. The zero-order chi connectivity index (χ0) is 33.5. The van der Waals surface area contributed by atoms with E-state index in [-0.39, 0.29) is 0 Å². The summed E-state index contributed by atoms with van der Waals surface area (Å²) in [6.07, 6.45) is 0. The van der Waals surface area contributed by atoms with Crippen LogP contribution >= 0.6 is 11.3 Å². The van der Waals surface area contributed by atoms with Crippen LogP contribution in [0.3, 0.4) is 0 Å². The number of hydrogen-bond donors (Lipinski definition) is 0. The second kappa shape index (κ2) is 10.9. The van der Waals surface area contributed by atoms with Crippen LogP contribution in [-0.2, 0) is 0 Å². The predicted octanol–water partition coefficient (Wildman–Crippen LogP) is 12.7. The minimum atomic E-state index is 0.571. The van der Waals surface area contributed by atoms with E-state index >= 15 is 0 Å². The lowest BCUT2D eigenvalue weighted by Gasteiger charge is -2.09. The van der Waals surface area contributed by atoms with Gasteiger partial charge < -0.3 is 8.83 Å². The van der Waals surface area contributed by atoms with Crippen molar-refractivity contribution < 1.29 is 8.83 Å². The third-order valence-corrected chi connectivity index (χ3v) is 11.0. The monoisotopic (exact) mass is 671 g/mol. The van der Waals surface area contributed by atoms with Crippen LogP contribution in [0.4, 0.5) is 0 Å². The maximum Gasteiger partial charge on any atom is 0.164 e. The molecule has 51 heavy (non-hydrogen) atoms. The van der Waals surface area contributed by atoms with E-state index in [2.05, 4.69) is 91.0 Å². The predicted molar refractivity (Wildman–Crippen MR) is 209 cm³/mol. The van der Waals surface area contributed by atoms with E-state index in [9.17, 15) is 0 Å². The average Bonchev–Trinajstić information content (AvgIpc) is 3.89. The van der Waals surface area contributed by atoms with Gasteiger partial charge >= 0.3 is 0 Å². The lowest BCUT2D eigenvalue weighted by molar-refractivity contribution is 0.669. The summed E-state index contributed by atoms with van der Waals surface area (Å²) < 4.78 is 15.5. The number of rotatable bonds is 4. The van der Waals surface area contributed by atoms with Crippen molar-refractivity contribution in [3.8, 4) is 45.3 Å². The van der Waals surface area contributed by atoms with Gasteiger partial charge in [0.25, 0.3) is 0 Å². The Morgan fingerprint density at radius 2 is 1.06 bits per heavy atom. The molecule has 0 bridgehead atoms. The third-order valence-electron chi connectivity index (χ3n) is 9.76. The van der Waals surface area contributed by atoms with Crippen LogP contribution < -0.4 is 0 Å². The van der Waals surface area contributed by atoms with Crippen LogP contribution in [0.25, 0.3) is 109 Å². The van der Waals surface area contributed by atoms with Gasteiger partial charge in [0.2, 0.25) is 0 Å². The Morgan fingerprint density at radius 1 is 0.392 bits per heavy atom. The van der Waals surface area contributed by atoms with Crippen LogP contribution in [0.1, 0.15) is 0 Å². The van der Waals surface area contributed by atoms with E-state index in [1.165, 1.54) is 25.7 Å². The van der Waals surface area contributed by atoms with Crippen molar-refractivity contribution in [2.45, 2.75) is 0 Å². The van der Waals surface area contributed by atoms with Crippen LogP contribution in [-0.4, -0.2) is 15.0 Å². The van der Waals surface area contributed by atoms with E-state index < -0.39 is 0 Å². The molecule has 0 unspecified atom stereocenters. The van der Waals surface area contributed by atoms with Gasteiger partial charge in [0, 0.05) is 69.5 Å². The molecule has 0 atom stereocenters. The maximum absolute atomic E-state index is 6.77. The summed E-state index contributed by atoms with van der Waals surface area (Å²) in [4.78, 5) is 15.2. The first-order valence-corrected chi connectivity index (χ1v) is 17.7. The van der Waals surface area contributed by atoms with Crippen LogP contribution in [0.15, 0.2) is 160 Å². The standard InChI is InChI=1S/C45H25N3O2S/c1-2-11-26(12-3-1)43-46-44(48-45(47-43)35-19-10-21-37-40(35)34-14-4-6-20-36(34)49-37)27-23-24-28-30-15-8-16-31(41(30)50-38(28)25-27)33-18-9-17-32-29-13-5-7-22-39(29)51-42(32)33/h1-25H. The Balaban J connectivity index is 1.11. The summed E-state index contributed by atoms with van der Waals surface area (Å²) >= 11 is 1.83. The molecule has 7 aromatic carbocycles. The Bertz CT molecular complexity index is 3160. The molecule has 11 rings (SSSR count). The second-order valence-electron chi connectivity index (χ2n) is 12.7. The Kier molecular flexibility index (Phi) is 6.05. The number of para-hydroxylation sites is 2. The lowest BCUT2D eigenvalue weighted by atomic mass is 10.00. The molecule has 0 spiro atoms. The van der Waals surface area contributed by atoms with Gasteiger partial charge in [-0.05, 0) is 30.3 Å². The minimum Gasteiger partial charge on any atom is -0.456 e. The van der Waals surface area contributed by atoms with Crippen molar-refractivity contribution in [2.24, 2.45) is 0 Å². The molecular weight excluding hydrogens is 647 g/mol. The summed E-state index contributed by atoms with van der Waals surface area (Å²) in [5.74, 6) is 1.75. The SMILES string of the molecule is c1ccc(-c2nc(-c3ccc4c(c3)oc3c(-c5cccc6c5sc5ccccc56)cccc34)nc(-c3cccc4oc5ccccc5c34)n2)cc1. The topological polar surface area (TPSA) is 65.0 Å². The fourth-order valence-electron chi connectivity index (χ4n) is 7.41. The number of thiophene rings is 1. The van der Waals surface area contributed by atoms with Crippen molar-refractivity contribution in [2.75, 3.05) is 0 Å². The Hall–Kier alpha value is -6.63. The lowest BCUT2D eigenvalue weighted by Crippen LogP contribution is -2.00. The van der Waals surface area contributed by atoms with Gasteiger partial charge in [0.15, 0.2) is 17.5 Å². The third kappa shape index (κ3) is 4.37. The van der Waals surface area contributed by atoms with E-state index in [4.69, 9.17) is 23.8 Å². The average molecular weight is 672 g/mol. The first kappa shape index (κ1) is 28.2. The maximum atomic E-state index is 6.77. The van der Waals surface area contributed by atoms with E-state index in [1.54, 1.807) is 0 Å². The molecule has 0 N–H and O–H groups in total. The van der Waals surface area contributed by atoms with Gasteiger partial charge in [0.05, 0.1) is 0 Å². The molecule has 0 saturated heterocycles. The van der Waals surface area contributed by atoms with Crippen molar-refractivity contribution in [3.05, 3.63) is 152 Å². The fraction of sp³-hybridized carbons (Fsp3) is 0. The Morgan fingerprint density at radius 3 is 1.96 bits per heavy atom. The molecule has 0 aliphatic heterocycles. The number of benzene rings is 7. The first-order valence-electron chi connectivity index (χ1n) is 16.9. The van der Waals surface area contributed by atoms with Crippen molar-refractivity contribution >= 4 is 75.4 Å². The molecule has 4 aromatic heterocycles. The van der Waals surface area contributed by atoms with Gasteiger partial charge in [-0.25, -0.2) is 15.0 Å². The summed E-state index contributed by atoms with van der Waals surface area (Å²) in [7, 11) is 0. The van der Waals surface area contributed by atoms with Gasteiger partial charge in [-0.2, -0.15) is 0 Å². The highest BCUT2D eigenvalue weighted by Gasteiger charge is 2.20. The van der Waals surface area contributed by atoms with Gasteiger partial charge in [-0.15, -0.1) is 11.3 Å². The molecular formula is C45H25N3O2S. The number of hydrogen-bond acceptors (Lipinski definition) is 6. The van der Waals surface area contributed by atoms with Gasteiger partial charge in [-0.1, -0.05) is 121 Å². The molecule has 6 heteroatoms. The van der Waals surface area contributed by atoms with Crippen LogP contribution in [0, 0.1) is 0 Å². The number of furan rings is 2. The van der Waals surface area contributed by atoms with Gasteiger partial charge in [-0.3, -0.25) is 0 Å². The van der Waals surface area contributed by atoms with Crippen LogP contribution in [0.2, 0.25) is 0 Å². The quantitative estimate of drug-likeness (QED) is 0.186. The van der Waals surface area contributed by atoms with Crippen molar-refractivity contribution in [3.63, 3.8) is 0 Å². The normalized spacial score (nSPS) is 11.9.